The van der Waals surface area contributed by atoms with Crippen LogP contribution in [-0.2, 0) is 4.79 Å². The predicted molar refractivity (Wildman–Crippen MR) is 69.9 cm³/mol. The van der Waals surface area contributed by atoms with E-state index >= 15 is 0 Å². The average molecular weight is 270 g/mol. The van der Waals surface area contributed by atoms with Crippen LogP contribution in [-0.4, -0.2) is 22.5 Å². The van der Waals surface area contributed by atoms with Crippen molar-refractivity contribution in [1.29, 1.82) is 0 Å². The fourth-order valence-corrected chi connectivity index (χ4v) is 1.93. The molecule has 0 bridgehead atoms. The number of carboxylic acid groups (broad SMARTS) is 1. The molecule has 0 fully saturated rings. The van der Waals surface area contributed by atoms with Gasteiger partial charge >= 0.3 is 5.97 Å². The van der Waals surface area contributed by atoms with Crippen LogP contribution < -0.4 is 5.32 Å². The van der Waals surface area contributed by atoms with Gasteiger partial charge in [-0.05, 0) is 25.0 Å². The summed E-state index contributed by atoms with van der Waals surface area (Å²) in [6, 6.07) is 6.55. The minimum Gasteiger partial charge on any atom is -0.480 e. The molecular weight excluding hydrogens is 254 g/mol. The Morgan fingerprint density at radius 3 is 2.28 bits per heavy atom. The Labute approximate surface area is 111 Å². The van der Waals surface area contributed by atoms with Crippen molar-refractivity contribution in [3.8, 4) is 0 Å². The summed E-state index contributed by atoms with van der Waals surface area (Å²) < 4.78 is 0. The van der Waals surface area contributed by atoms with Crippen LogP contribution in [0.1, 0.15) is 37.0 Å². The van der Waals surface area contributed by atoms with Gasteiger partial charge in [0, 0.05) is 0 Å². The van der Waals surface area contributed by atoms with Crippen molar-refractivity contribution in [2.45, 2.75) is 32.2 Å². The number of benzene rings is 1. The topological polar surface area (TPSA) is 66.4 Å². The molecule has 0 heterocycles. The summed E-state index contributed by atoms with van der Waals surface area (Å²) >= 11 is 5.91. The molecule has 2 N–H and O–H groups in total. The van der Waals surface area contributed by atoms with E-state index in [2.05, 4.69) is 5.32 Å². The molecule has 1 amide bonds. The first-order chi connectivity index (χ1) is 8.46. The van der Waals surface area contributed by atoms with Crippen molar-refractivity contribution in [2.75, 3.05) is 0 Å². The molecule has 1 aromatic carbocycles. The van der Waals surface area contributed by atoms with Gasteiger partial charge in [0.2, 0.25) is 0 Å². The minimum absolute atomic E-state index is 0.284. The zero-order chi connectivity index (χ0) is 13.8. The van der Waals surface area contributed by atoms with E-state index in [4.69, 9.17) is 11.6 Å². The Morgan fingerprint density at radius 1 is 1.28 bits per heavy atom. The van der Waals surface area contributed by atoms with Crippen molar-refractivity contribution < 1.29 is 14.7 Å². The van der Waals surface area contributed by atoms with Crippen molar-refractivity contribution in [1.82, 2.24) is 5.32 Å². The van der Waals surface area contributed by atoms with Crippen molar-refractivity contribution in [3.63, 3.8) is 0 Å². The Morgan fingerprint density at radius 2 is 1.83 bits per heavy atom. The minimum atomic E-state index is -1.24. The van der Waals surface area contributed by atoms with Crippen LogP contribution in [0.25, 0.3) is 0 Å². The fourth-order valence-electron chi connectivity index (χ4n) is 1.71. The predicted octanol–water partition coefficient (Wildman–Crippen LogP) is 2.71. The molecule has 5 heteroatoms. The highest BCUT2D eigenvalue weighted by Crippen LogP contribution is 2.19. The molecule has 1 aromatic rings. The van der Waals surface area contributed by atoms with E-state index < -0.39 is 17.4 Å². The summed E-state index contributed by atoms with van der Waals surface area (Å²) in [6.45, 7) is 3.45. The lowest BCUT2D eigenvalue weighted by atomic mass is 9.92. The molecule has 4 nitrogen and oxygen atoms in total. The van der Waals surface area contributed by atoms with E-state index in [1.165, 1.54) is 0 Å². The summed E-state index contributed by atoms with van der Waals surface area (Å²) in [7, 11) is 0. The van der Waals surface area contributed by atoms with E-state index in [0.717, 1.165) is 0 Å². The first-order valence-corrected chi connectivity index (χ1v) is 6.15. The summed E-state index contributed by atoms with van der Waals surface area (Å²) in [4.78, 5) is 23.3. The van der Waals surface area contributed by atoms with Crippen LogP contribution in [0.2, 0.25) is 5.02 Å². The van der Waals surface area contributed by atoms with Gasteiger partial charge in [0.25, 0.3) is 5.91 Å². The molecular formula is C13H16ClNO3. The average Bonchev–Trinajstić information content (AvgIpc) is 2.36. The first-order valence-electron chi connectivity index (χ1n) is 5.77. The van der Waals surface area contributed by atoms with Gasteiger partial charge in [-0.25, -0.2) is 4.79 Å². The summed E-state index contributed by atoms with van der Waals surface area (Å²) in [5.41, 5.74) is -0.956. The largest absolute Gasteiger partial charge is 0.480 e. The maximum atomic E-state index is 12.0. The normalized spacial score (nSPS) is 11.1. The number of nitrogens with one attached hydrogen (secondary N) is 1. The summed E-state index contributed by atoms with van der Waals surface area (Å²) in [6.07, 6.45) is 0.629. The van der Waals surface area contributed by atoms with E-state index in [0.29, 0.717) is 17.9 Å². The Balaban J connectivity index is 3.00. The third-order valence-corrected chi connectivity index (χ3v) is 3.42. The smallest absolute Gasteiger partial charge is 0.329 e. The van der Waals surface area contributed by atoms with Crippen molar-refractivity contribution >= 4 is 23.5 Å². The molecule has 1 rings (SSSR count). The van der Waals surface area contributed by atoms with Crippen LogP contribution in [0.3, 0.4) is 0 Å². The molecule has 18 heavy (non-hydrogen) atoms. The number of carbonyl (C=O) groups is 2. The molecule has 0 radical (unpaired) electrons. The molecule has 0 saturated heterocycles. The van der Waals surface area contributed by atoms with Crippen LogP contribution in [0.5, 0.6) is 0 Å². The SMILES string of the molecule is CCC(CC)(NC(=O)c1ccccc1Cl)C(=O)O. The van der Waals surface area contributed by atoms with Crippen molar-refractivity contribution in [2.24, 2.45) is 0 Å². The van der Waals surface area contributed by atoms with E-state index in [9.17, 15) is 14.7 Å². The van der Waals surface area contributed by atoms with Gasteiger partial charge in [0.1, 0.15) is 5.54 Å². The van der Waals surface area contributed by atoms with Gasteiger partial charge in [-0.15, -0.1) is 0 Å². The van der Waals surface area contributed by atoms with Crippen LogP contribution in [0, 0.1) is 0 Å². The van der Waals surface area contributed by atoms with Crippen LogP contribution in [0.15, 0.2) is 24.3 Å². The summed E-state index contributed by atoms with van der Waals surface area (Å²) in [5, 5.41) is 12.1. The number of aliphatic carboxylic acids is 1. The number of rotatable bonds is 5. The van der Waals surface area contributed by atoms with Gasteiger partial charge in [0.05, 0.1) is 10.6 Å². The van der Waals surface area contributed by atoms with Crippen LogP contribution >= 0.6 is 11.6 Å². The number of amides is 1. The number of halogens is 1. The zero-order valence-corrected chi connectivity index (χ0v) is 11.1. The Hall–Kier alpha value is -1.55. The summed E-state index contributed by atoms with van der Waals surface area (Å²) in [5.74, 6) is -1.50. The number of carbonyl (C=O) groups excluding carboxylic acids is 1. The molecule has 0 atom stereocenters. The third-order valence-electron chi connectivity index (χ3n) is 3.09. The van der Waals surface area contributed by atoms with E-state index in [-0.39, 0.29) is 5.56 Å². The fraction of sp³-hybridized carbons (Fsp3) is 0.385. The van der Waals surface area contributed by atoms with Gasteiger partial charge in [-0.3, -0.25) is 4.79 Å². The third kappa shape index (κ3) is 2.82. The second-order valence-electron chi connectivity index (χ2n) is 4.03. The Bertz CT molecular complexity index is 455. The highest BCUT2D eigenvalue weighted by atomic mass is 35.5. The molecule has 0 aliphatic carbocycles. The molecule has 0 aromatic heterocycles. The lowest BCUT2D eigenvalue weighted by Gasteiger charge is -2.28. The van der Waals surface area contributed by atoms with Gasteiger partial charge in [0.15, 0.2) is 0 Å². The van der Waals surface area contributed by atoms with Gasteiger partial charge in [-0.1, -0.05) is 37.6 Å². The molecule has 0 aliphatic heterocycles. The second-order valence-corrected chi connectivity index (χ2v) is 4.44. The molecule has 0 saturated carbocycles. The van der Waals surface area contributed by atoms with E-state index in [1.807, 2.05) is 0 Å². The monoisotopic (exact) mass is 269 g/mol. The number of hydrogen-bond donors (Lipinski definition) is 2. The van der Waals surface area contributed by atoms with E-state index in [1.54, 1.807) is 38.1 Å². The van der Waals surface area contributed by atoms with Crippen molar-refractivity contribution in [3.05, 3.63) is 34.9 Å². The zero-order valence-electron chi connectivity index (χ0n) is 10.4. The van der Waals surface area contributed by atoms with Gasteiger partial charge in [-0.2, -0.15) is 0 Å². The second kappa shape index (κ2) is 5.87. The van der Waals surface area contributed by atoms with Gasteiger partial charge < -0.3 is 10.4 Å². The lowest BCUT2D eigenvalue weighted by molar-refractivity contribution is -0.144. The lowest BCUT2D eigenvalue weighted by Crippen LogP contribution is -2.53. The number of hydrogen-bond acceptors (Lipinski definition) is 2. The van der Waals surface area contributed by atoms with Crippen LogP contribution in [0.4, 0.5) is 0 Å². The number of carboxylic acids is 1. The molecule has 0 unspecified atom stereocenters. The highest BCUT2D eigenvalue weighted by Gasteiger charge is 2.36. The highest BCUT2D eigenvalue weighted by molar-refractivity contribution is 6.33. The molecule has 0 aliphatic rings. The first kappa shape index (κ1) is 14.5. The maximum absolute atomic E-state index is 12.0. The standard InChI is InChI=1S/C13H16ClNO3/c1-3-13(4-2,12(17)18)15-11(16)9-7-5-6-8-10(9)14/h5-8H,3-4H2,1-2H3,(H,15,16)(H,17,18). The maximum Gasteiger partial charge on any atom is 0.329 e. The Kier molecular flexibility index (Phi) is 4.73. The molecule has 98 valence electrons. The molecule has 0 spiro atoms. The quantitative estimate of drug-likeness (QED) is 0.864.